The topological polar surface area (TPSA) is 58.6 Å². The largest absolute Gasteiger partial charge is 0.465 e. The maximum Gasteiger partial charge on any atom is 0.323 e. The van der Waals surface area contributed by atoms with Crippen molar-refractivity contribution in [3.63, 3.8) is 0 Å². The number of hydrogen-bond acceptors (Lipinski definition) is 4. The van der Waals surface area contributed by atoms with Gasteiger partial charge >= 0.3 is 5.97 Å². The quantitative estimate of drug-likeness (QED) is 0.535. The van der Waals surface area contributed by atoms with Crippen LogP contribution in [0.4, 0.5) is 0 Å². The number of hydrogen-bond donors (Lipinski definition) is 2. The molecule has 11 heavy (non-hydrogen) atoms. The molecule has 0 aromatic carbocycles. The van der Waals surface area contributed by atoms with Crippen LogP contribution in [0.5, 0.6) is 0 Å². The number of esters is 1. The first-order chi connectivity index (χ1) is 5.26. The Kier molecular flexibility index (Phi) is 5.78. The van der Waals surface area contributed by atoms with E-state index in [9.17, 15) is 4.79 Å². The Labute approximate surface area is 66.5 Å². The lowest BCUT2D eigenvalue weighted by Gasteiger charge is -2.12. The highest BCUT2D eigenvalue weighted by Crippen LogP contribution is 1.93. The molecule has 0 saturated carbocycles. The highest BCUT2D eigenvalue weighted by Gasteiger charge is 2.15. The molecule has 1 unspecified atom stereocenters. The molecule has 0 aromatic rings. The fraction of sp³-hybridized carbons (Fsp3) is 0.857. The zero-order valence-corrected chi connectivity index (χ0v) is 6.96. The lowest BCUT2D eigenvalue weighted by atomic mass is 10.2. The van der Waals surface area contributed by atoms with E-state index in [1.807, 2.05) is 0 Å². The summed E-state index contributed by atoms with van der Waals surface area (Å²) in [5, 5.41) is 11.3. The zero-order chi connectivity index (χ0) is 8.69. The van der Waals surface area contributed by atoms with Crippen LogP contribution in [-0.4, -0.2) is 37.4 Å². The van der Waals surface area contributed by atoms with E-state index in [1.165, 1.54) is 0 Å². The van der Waals surface area contributed by atoms with Crippen molar-refractivity contribution < 1.29 is 14.6 Å². The molecule has 0 aromatic heterocycles. The third-order valence-electron chi connectivity index (χ3n) is 1.34. The lowest BCUT2D eigenvalue weighted by Crippen LogP contribution is -2.36. The van der Waals surface area contributed by atoms with Gasteiger partial charge in [0.1, 0.15) is 6.04 Å². The maximum absolute atomic E-state index is 11.0. The number of aliphatic hydroxyl groups excluding tert-OH is 1. The van der Waals surface area contributed by atoms with E-state index >= 15 is 0 Å². The van der Waals surface area contributed by atoms with Gasteiger partial charge in [-0.15, -0.1) is 0 Å². The Morgan fingerprint density at radius 2 is 2.36 bits per heavy atom. The van der Waals surface area contributed by atoms with Crippen molar-refractivity contribution in [1.82, 2.24) is 5.32 Å². The fourth-order valence-corrected chi connectivity index (χ4v) is 0.752. The van der Waals surface area contributed by atoms with E-state index in [-0.39, 0.29) is 18.6 Å². The Balaban J connectivity index is 3.71. The van der Waals surface area contributed by atoms with Crippen LogP contribution in [0.25, 0.3) is 0 Å². The third kappa shape index (κ3) is 3.95. The summed E-state index contributed by atoms with van der Waals surface area (Å²) in [4.78, 5) is 11.0. The molecule has 0 spiro atoms. The zero-order valence-electron chi connectivity index (χ0n) is 6.96. The van der Waals surface area contributed by atoms with Crippen molar-refractivity contribution >= 4 is 5.97 Å². The van der Waals surface area contributed by atoms with Crippen LogP contribution < -0.4 is 5.32 Å². The van der Waals surface area contributed by atoms with E-state index in [2.05, 4.69) is 5.32 Å². The normalized spacial score (nSPS) is 12.6. The molecule has 66 valence electrons. The first-order valence-electron chi connectivity index (χ1n) is 3.71. The average Bonchev–Trinajstić information content (AvgIpc) is 2.00. The summed E-state index contributed by atoms with van der Waals surface area (Å²) in [6.07, 6.45) is 0.398. The molecule has 0 aliphatic heterocycles. The average molecular weight is 161 g/mol. The molecule has 1 atom stereocenters. The standard InChI is InChI=1S/C7H15NO3/c1-3-11-7(10)6(8-2)4-5-9/h6,8-9H,3-5H2,1-2H3. The summed E-state index contributed by atoms with van der Waals surface area (Å²) in [5.74, 6) is -0.302. The van der Waals surface area contributed by atoms with Crippen LogP contribution in [0.2, 0.25) is 0 Å². The number of ether oxygens (including phenoxy) is 1. The number of aliphatic hydroxyl groups is 1. The second-order valence-corrected chi connectivity index (χ2v) is 2.11. The van der Waals surface area contributed by atoms with Gasteiger partial charge in [-0.2, -0.15) is 0 Å². The van der Waals surface area contributed by atoms with Gasteiger partial charge < -0.3 is 15.2 Å². The molecule has 0 aliphatic rings. The summed E-state index contributed by atoms with van der Waals surface area (Å²) in [6.45, 7) is 2.12. The Morgan fingerprint density at radius 3 is 2.73 bits per heavy atom. The first kappa shape index (κ1) is 10.4. The number of carbonyl (C=O) groups excluding carboxylic acids is 1. The molecule has 0 saturated heterocycles. The lowest BCUT2D eigenvalue weighted by molar-refractivity contribution is -0.145. The minimum absolute atomic E-state index is 0.00960. The Morgan fingerprint density at radius 1 is 1.73 bits per heavy atom. The van der Waals surface area contributed by atoms with E-state index in [0.29, 0.717) is 13.0 Å². The van der Waals surface area contributed by atoms with Gasteiger partial charge in [0.25, 0.3) is 0 Å². The van der Waals surface area contributed by atoms with Crippen molar-refractivity contribution in [2.45, 2.75) is 19.4 Å². The minimum atomic E-state index is -0.375. The molecule has 0 aliphatic carbocycles. The molecule has 0 rings (SSSR count). The van der Waals surface area contributed by atoms with Crippen LogP contribution in [0.1, 0.15) is 13.3 Å². The number of likely N-dealkylation sites (N-methyl/N-ethyl adjacent to an activating group) is 1. The molecule has 0 heterocycles. The Bertz CT molecular complexity index is 116. The molecule has 0 fully saturated rings. The van der Waals surface area contributed by atoms with E-state index in [4.69, 9.17) is 9.84 Å². The summed E-state index contributed by atoms with van der Waals surface area (Å²) in [6, 6.07) is -0.375. The minimum Gasteiger partial charge on any atom is -0.465 e. The van der Waals surface area contributed by atoms with E-state index in [0.717, 1.165) is 0 Å². The number of nitrogens with one attached hydrogen (secondary N) is 1. The maximum atomic E-state index is 11.0. The number of carbonyl (C=O) groups is 1. The van der Waals surface area contributed by atoms with Crippen molar-refractivity contribution in [1.29, 1.82) is 0 Å². The van der Waals surface area contributed by atoms with Crippen molar-refractivity contribution in [2.24, 2.45) is 0 Å². The van der Waals surface area contributed by atoms with Gasteiger partial charge in [0.2, 0.25) is 0 Å². The molecular formula is C7H15NO3. The smallest absolute Gasteiger partial charge is 0.323 e. The van der Waals surface area contributed by atoms with Gasteiger partial charge in [-0.1, -0.05) is 0 Å². The molecule has 0 bridgehead atoms. The van der Waals surface area contributed by atoms with Crippen LogP contribution in [-0.2, 0) is 9.53 Å². The first-order valence-corrected chi connectivity index (χ1v) is 3.71. The van der Waals surface area contributed by atoms with Crippen LogP contribution >= 0.6 is 0 Å². The van der Waals surface area contributed by atoms with Gasteiger partial charge in [0.15, 0.2) is 0 Å². The summed E-state index contributed by atoms with van der Waals surface area (Å²) >= 11 is 0. The Hall–Kier alpha value is -0.610. The second-order valence-electron chi connectivity index (χ2n) is 2.11. The molecule has 0 radical (unpaired) electrons. The van der Waals surface area contributed by atoms with Crippen LogP contribution in [0, 0.1) is 0 Å². The van der Waals surface area contributed by atoms with Crippen LogP contribution in [0.3, 0.4) is 0 Å². The molecule has 2 N–H and O–H groups in total. The van der Waals surface area contributed by atoms with Gasteiger partial charge in [-0.05, 0) is 20.4 Å². The van der Waals surface area contributed by atoms with Gasteiger partial charge in [-0.25, -0.2) is 0 Å². The SMILES string of the molecule is CCOC(=O)C(CCO)NC. The molecule has 4 heteroatoms. The predicted molar refractivity (Wildman–Crippen MR) is 41.2 cm³/mol. The van der Waals surface area contributed by atoms with Crippen LogP contribution in [0.15, 0.2) is 0 Å². The summed E-state index contributed by atoms with van der Waals surface area (Å²) < 4.78 is 4.73. The third-order valence-corrected chi connectivity index (χ3v) is 1.34. The van der Waals surface area contributed by atoms with E-state index in [1.54, 1.807) is 14.0 Å². The van der Waals surface area contributed by atoms with Crippen molar-refractivity contribution in [3.05, 3.63) is 0 Å². The van der Waals surface area contributed by atoms with Crippen molar-refractivity contribution in [3.8, 4) is 0 Å². The number of rotatable bonds is 5. The molecule has 0 amide bonds. The van der Waals surface area contributed by atoms with Gasteiger partial charge in [0.05, 0.1) is 6.61 Å². The van der Waals surface area contributed by atoms with E-state index < -0.39 is 0 Å². The van der Waals surface area contributed by atoms with Gasteiger partial charge in [-0.3, -0.25) is 4.79 Å². The summed E-state index contributed by atoms with van der Waals surface area (Å²) in [5.41, 5.74) is 0. The van der Waals surface area contributed by atoms with Gasteiger partial charge in [0, 0.05) is 6.61 Å². The molecule has 4 nitrogen and oxygen atoms in total. The summed E-state index contributed by atoms with van der Waals surface area (Å²) in [7, 11) is 1.66. The van der Waals surface area contributed by atoms with Crippen molar-refractivity contribution in [2.75, 3.05) is 20.3 Å². The predicted octanol–water partition coefficient (Wildman–Crippen LogP) is -0.480. The fourth-order valence-electron chi connectivity index (χ4n) is 0.752. The monoisotopic (exact) mass is 161 g/mol. The second kappa shape index (κ2) is 6.12. The highest BCUT2D eigenvalue weighted by molar-refractivity contribution is 5.75. The molecular weight excluding hydrogens is 146 g/mol. The highest BCUT2D eigenvalue weighted by atomic mass is 16.5.